The number of ether oxygens (including phenoxy) is 4. The fourth-order valence-electron chi connectivity index (χ4n) is 7.32. The lowest BCUT2D eigenvalue weighted by Crippen LogP contribution is -2.52. The third-order valence-electron chi connectivity index (χ3n) is 10.9. The molecule has 1 aromatic carbocycles. The summed E-state index contributed by atoms with van der Waals surface area (Å²) in [6.07, 6.45) is 5.70. The second kappa shape index (κ2) is 13.2. The van der Waals surface area contributed by atoms with Crippen molar-refractivity contribution in [3.8, 4) is 5.75 Å². The van der Waals surface area contributed by atoms with Crippen molar-refractivity contribution in [2.24, 2.45) is 41.4 Å². The van der Waals surface area contributed by atoms with Gasteiger partial charge in [0.1, 0.15) is 5.75 Å². The summed E-state index contributed by atoms with van der Waals surface area (Å²) in [4.78, 5) is 0. The molecule has 0 radical (unpaired) electrons. The first-order valence-corrected chi connectivity index (χ1v) is 19.0. The van der Waals surface area contributed by atoms with Crippen LogP contribution in [0, 0.1) is 41.4 Å². The highest BCUT2D eigenvalue weighted by atomic mass is 28.4. The van der Waals surface area contributed by atoms with Crippen LogP contribution in [0.2, 0.25) is 18.1 Å². The summed E-state index contributed by atoms with van der Waals surface area (Å²) in [5.74, 6) is 3.95. The van der Waals surface area contributed by atoms with Gasteiger partial charge in [-0.3, -0.25) is 0 Å². The maximum Gasteiger partial charge on any atom is 0.191 e. The van der Waals surface area contributed by atoms with E-state index in [1.807, 2.05) is 12.1 Å². The fourth-order valence-corrected chi connectivity index (χ4v) is 8.36. The molecule has 6 atom stereocenters. The summed E-state index contributed by atoms with van der Waals surface area (Å²) in [6.45, 7) is 24.9. The zero-order valence-electron chi connectivity index (χ0n) is 27.6. The van der Waals surface area contributed by atoms with Crippen LogP contribution < -0.4 is 4.74 Å². The molecule has 3 aliphatic rings. The Labute approximate surface area is 251 Å². The third kappa shape index (κ3) is 7.67. The van der Waals surface area contributed by atoms with Crippen molar-refractivity contribution >= 4 is 8.32 Å². The molecule has 1 aliphatic heterocycles. The Morgan fingerprint density at radius 3 is 2.22 bits per heavy atom. The summed E-state index contributed by atoms with van der Waals surface area (Å²) >= 11 is 0. The number of allylic oxidation sites excluding steroid dienone is 2. The van der Waals surface area contributed by atoms with E-state index in [4.69, 9.17) is 23.4 Å². The van der Waals surface area contributed by atoms with E-state index in [1.165, 1.54) is 11.1 Å². The molecule has 1 saturated carbocycles. The van der Waals surface area contributed by atoms with Crippen molar-refractivity contribution in [3.05, 3.63) is 41.5 Å². The second-order valence-electron chi connectivity index (χ2n) is 15.1. The number of fused-ring (bicyclic) bond motifs is 1. The van der Waals surface area contributed by atoms with Crippen LogP contribution in [0.15, 0.2) is 35.9 Å². The number of methoxy groups -OCH3 is 1. The van der Waals surface area contributed by atoms with Gasteiger partial charge in [0.2, 0.25) is 0 Å². The minimum absolute atomic E-state index is 0.215. The summed E-state index contributed by atoms with van der Waals surface area (Å²) in [5.41, 5.74) is 2.71. The minimum Gasteiger partial charge on any atom is -0.497 e. The highest BCUT2D eigenvalue weighted by Crippen LogP contribution is 2.55. The van der Waals surface area contributed by atoms with E-state index < -0.39 is 14.1 Å². The van der Waals surface area contributed by atoms with E-state index in [9.17, 15) is 0 Å². The zero-order chi connectivity index (χ0) is 30.0. The lowest BCUT2D eigenvalue weighted by atomic mass is 9.55. The average molecular weight is 587 g/mol. The van der Waals surface area contributed by atoms with Gasteiger partial charge in [-0.15, -0.1) is 0 Å². The van der Waals surface area contributed by atoms with Crippen LogP contribution in [0.3, 0.4) is 0 Å². The molecule has 41 heavy (non-hydrogen) atoms. The predicted molar refractivity (Wildman–Crippen MR) is 169 cm³/mol. The topological polar surface area (TPSA) is 46.2 Å². The van der Waals surface area contributed by atoms with E-state index >= 15 is 0 Å². The van der Waals surface area contributed by atoms with Gasteiger partial charge in [-0.1, -0.05) is 65.3 Å². The number of benzene rings is 1. The molecule has 0 N–H and O–H groups in total. The number of rotatable bonds is 11. The molecular weight excluding hydrogens is 528 g/mol. The molecule has 0 amide bonds. The molecule has 6 heteroatoms. The summed E-state index contributed by atoms with van der Waals surface area (Å²) in [5, 5.41) is 0.215. The first-order chi connectivity index (χ1) is 19.2. The molecule has 1 aromatic rings. The first kappa shape index (κ1) is 32.7. The van der Waals surface area contributed by atoms with Crippen LogP contribution in [0.1, 0.15) is 73.3 Å². The van der Waals surface area contributed by atoms with Crippen LogP contribution in [0.25, 0.3) is 0 Å². The standard InChI is InChI=1S/C35H58O5Si/c1-24(2)33(23-40-41(9,10)34(5,6)7)30-18-25(3)17-29-31(19-35(20-32(29)30)38-15-16-39-35)26(4)21-37-22-27-11-13-28(36-8)14-12-27/h11-14,17,24,26,29-33H,15-16,18-23H2,1-10H3/t26-,29-,30-,31+,32+,33-/m1/s1. The Balaban J connectivity index is 1.53. The molecular formula is C35H58O5Si. The molecule has 2 fully saturated rings. The van der Waals surface area contributed by atoms with Crippen molar-refractivity contribution in [1.29, 1.82) is 0 Å². The zero-order valence-corrected chi connectivity index (χ0v) is 28.6. The van der Waals surface area contributed by atoms with E-state index in [0.717, 1.165) is 38.2 Å². The lowest BCUT2D eigenvalue weighted by molar-refractivity contribution is -0.220. The fraction of sp³-hybridized carbons (Fsp3) is 0.771. The molecule has 1 saturated heterocycles. The van der Waals surface area contributed by atoms with E-state index in [1.54, 1.807) is 7.11 Å². The van der Waals surface area contributed by atoms with Crippen LogP contribution in [0.5, 0.6) is 5.75 Å². The predicted octanol–water partition coefficient (Wildman–Crippen LogP) is 8.49. The smallest absolute Gasteiger partial charge is 0.191 e. The molecule has 4 rings (SSSR count). The highest BCUT2D eigenvalue weighted by Gasteiger charge is 2.54. The van der Waals surface area contributed by atoms with Crippen molar-refractivity contribution in [2.45, 2.75) is 98.3 Å². The maximum atomic E-state index is 6.92. The third-order valence-corrected chi connectivity index (χ3v) is 15.4. The van der Waals surface area contributed by atoms with Gasteiger partial charge in [-0.05, 0) is 90.6 Å². The number of hydrogen-bond donors (Lipinski definition) is 0. The van der Waals surface area contributed by atoms with E-state index in [2.05, 4.69) is 79.8 Å². The molecule has 0 unspecified atom stereocenters. The van der Waals surface area contributed by atoms with Gasteiger partial charge in [0.15, 0.2) is 14.1 Å². The Hall–Kier alpha value is -1.18. The summed E-state index contributed by atoms with van der Waals surface area (Å²) < 4.78 is 31.5. The van der Waals surface area contributed by atoms with Crippen LogP contribution in [-0.2, 0) is 25.2 Å². The molecule has 2 aliphatic carbocycles. The van der Waals surface area contributed by atoms with Gasteiger partial charge in [-0.2, -0.15) is 0 Å². The van der Waals surface area contributed by atoms with Gasteiger partial charge >= 0.3 is 0 Å². The number of hydrogen-bond acceptors (Lipinski definition) is 5. The quantitative estimate of drug-likeness (QED) is 0.192. The Morgan fingerprint density at radius 2 is 1.63 bits per heavy atom. The van der Waals surface area contributed by atoms with Gasteiger partial charge < -0.3 is 23.4 Å². The Morgan fingerprint density at radius 1 is 0.976 bits per heavy atom. The monoisotopic (exact) mass is 586 g/mol. The largest absolute Gasteiger partial charge is 0.497 e. The van der Waals surface area contributed by atoms with Crippen LogP contribution in [0.4, 0.5) is 0 Å². The maximum absolute atomic E-state index is 6.92. The van der Waals surface area contributed by atoms with Crippen molar-refractivity contribution in [1.82, 2.24) is 0 Å². The molecule has 5 nitrogen and oxygen atoms in total. The molecule has 1 spiro atoms. The van der Waals surface area contributed by atoms with Crippen molar-refractivity contribution in [3.63, 3.8) is 0 Å². The molecule has 232 valence electrons. The van der Waals surface area contributed by atoms with Crippen LogP contribution >= 0.6 is 0 Å². The Bertz CT molecular complexity index is 1000. The minimum atomic E-state index is -1.84. The molecule has 1 heterocycles. The lowest BCUT2D eigenvalue weighted by Gasteiger charge is -2.53. The molecule has 0 aromatic heterocycles. The van der Waals surface area contributed by atoms with E-state index in [0.29, 0.717) is 61.2 Å². The van der Waals surface area contributed by atoms with Crippen LogP contribution in [-0.4, -0.2) is 47.6 Å². The first-order valence-electron chi connectivity index (χ1n) is 16.0. The van der Waals surface area contributed by atoms with Crippen molar-refractivity contribution in [2.75, 3.05) is 33.5 Å². The van der Waals surface area contributed by atoms with Gasteiger partial charge in [-0.25, -0.2) is 0 Å². The van der Waals surface area contributed by atoms with Crippen molar-refractivity contribution < 1.29 is 23.4 Å². The SMILES string of the molecule is COc1ccc(COC[C@@H](C)[C@@H]2CC3(C[C@H]4[C@@H]2C=C(C)C[C@H]4[C@H](CO[Si](C)(C)C(C)(C)C)C(C)C)OCCO3)cc1. The molecule has 0 bridgehead atoms. The summed E-state index contributed by atoms with van der Waals surface area (Å²) in [7, 11) is -0.137. The highest BCUT2D eigenvalue weighted by molar-refractivity contribution is 6.74. The average Bonchev–Trinajstić information content (AvgIpc) is 3.35. The second-order valence-corrected chi connectivity index (χ2v) is 19.9. The Kier molecular flexibility index (Phi) is 10.5. The normalized spacial score (nSPS) is 27.9. The van der Waals surface area contributed by atoms with E-state index in [-0.39, 0.29) is 5.04 Å². The van der Waals surface area contributed by atoms with Gasteiger partial charge in [0.05, 0.1) is 26.9 Å². The van der Waals surface area contributed by atoms with Gasteiger partial charge in [0.25, 0.3) is 0 Å². The van der Waals surface area contributed by atoms with Gasteiger partial charge in [0, 0.05) is 26.1 Å². The summed E-state index contributed by atoms with van der Waals surface area (Å²) in [6, 6.07) is 8.18.